The Morgan fingerprint density at radius 3 is 2.21 bits per heavy atom. The number of allylic oxidation sites excluding steroid dienone is 2. The molecule has 0 aromatic heterocycles. The number of hydrogen-bond acceptors (Lipinski definition) is 2. The van der Waals surface area contributed by atoms with Crippen molar-refractivity contribution in [2.24, 2.45) is 0 Å². The maximum absolute atomic E-state index is 11.4. The van der Waals surface area contributed by atoms with Crippen molar-refractivity contribution < 1.29 is 9.22 Å². The van der Waals surface area contributed by atoms with E-state index < -0.39 is 8.32 Å². The third-order valence-electron chi connectivity index (χ3n) is 3.24. The molecule has 0 aromatic carbocycles. The largest absolute Gasteiger partial charge is 0.541 e. The molecule has 0 amide bonds. The molecule has 0 atom stereocenters. The SMILES string of the molecule is CC[Si](CC)(CC)OC1=CCCC1=O. The van der Waals surface area contributed by atoms with Crippen LogP contribution in [0.25, 0.3) is 0 Å². The molecule has 0 saturated carbocycles. The van der Waals surface area contributed by atoms with Gasteiger partial charge < -0.3 is 4.43 Å². The van der Waals surface area contributed by atoms with E-state index in [0.717, 1.165) is 24.6 Å². The van der Waals surface area contributed by atoms with Crippen LogP contribution in [0, 0.1) is 0 Å². The van der Waals surface area contributed by atoms with E-state index >= 15 is 0 Å². The van der Waals surface area contributed by atoms with Crippen molar-refractivity contribution in [3.63, 3.8) is 0 Å². The third-order valence-corrected chi connectivity index (χ3v) is 7.75. The van der Waals surface area contributed by atoms with Crippen LogP contribution in [0.4, 0.5) is 0 Å². The Morgan fingerprint density at radius 1 is 1.29 bits per heavy atom. The van der Waals surface area contributed by atoms with Gasteiger partial charge in [-0.3, -0.25) is 4.79 Å². The number of rotatable bonds is 5. The van der Waals surface area contributed by atoms with Gasteiger partial charge >= 0.3 is 0 Å². The summed E-state index contributed by atoms with van der Waals surface area (Å²) >= 11 is 0. The minimum absolute atomic E-state index is 0.206. The average Bonchev–Trinajstić information content (AvgIpc) is 2.61. The van der Waals surface area contributed by atoms with Gasteiger partial charge in [0, 0.05) is 6.42 Å². The van der Waals surface area contributed by atoms with Gasteiger partial charge in [0.2, 0.25) is 0 Å². The van der Waals surface area contributed by atoms with Crippen molar-refractivity contribution in [1.29, 1.82) is 0 Å². The lowest BCUT2D eigenvalue weighted by Crippen LogP contribution is -2.36. The molecule has 14 heavy (non-hydrogen) atoms. The number of ketones is 1. The highest BCUT2D eigenvalue weighted by molar-refractivity contribution is 6.74. The Bertz CT molecular complexity index is 233. The Labute approximate surface area is 87.5 Å². The van der Waals surface area contributed by atoms with Crippen LogP contribution in [0.2, 0.25) is 18.1 Å². The van der Waals surface area contributed by atoms with Crippen molar-refractivity contribution in [3.05, 3.63) is 11.8 Å². The first kappa shape index (κ1) is 11.5. The Morgan fingerprint density at radius 2 is 1.86 bits per heavy atom. The first-order valence-corrected chi connectivity index (χ1v) is 8.12. The Kier molecular flexibility index (Phi) is 3.93. The van der Waals surface area contributed by atoms with Gasteiger partial charge in [-0.2, -0.15) is 0 Å². The molecular formula is C11H20O2Si. The van der Waals surface area contributed by atoms with Crippen molar-refractivity contribution in [2.75, 3.05) is 0 Å². The summed E-state index contributed by atoms with van der Waals surface area (Å²) in [6.45, 7) is 6.54. The van der Waals surface area contributed by atoms with Crippen LogP contribution < -0.4 is 0 Å². The summed E-state index contributed by atoms with van der Waals surface area (Å²) in [6.07, 6.45) is 3.48. The molecule has 0 heterocycles. The molecule has 2 nitrogen and oxygen atoms in total. The molecule has 0 unspecified atom stereocenters. The molecular weight excluding hydrogens is 192 g/mol. The minimum Gasteiger partial charge on any atom is -0.541 e. The average molecular weight is 212 g/mol. The number of hydrogen-bond donors (Lipinski definition) is 0. The zero-order valence-electron chi connectivity index (χ0n) is 9.43. The number of Topliss-reactive ketones (excluding diaryl/α,β-unsaturated/α-hetero) is 1. The van der Waals surface area contributed by atoms with E-state index in [9.17, 15) is 4.79 Å². The second kappa shape index (κ2) is 4.78. The standard InChI is InChI=1S/C11H20O2Si/c1-4-14(5-2,6-3)13-11-9-7-8-10(11)12/h9H,4-8H2,1-3H3. The van der Waals surface area contributed by atoms with Crippen LogP contribution in [-0.4, -0.2) is 14.1 Å². The van der Waals surface area contributed by atoms with Gasteiger partial charge in [0.25, 0.3) is 8.32 Å². The van der Waals surface area contributed by atoms with Gasteiger partial charge in [-0.05, 0) is 30.6 Å². The van der Waals surface area contributed by atoms with E-state index in [-0.39, 0.29) is 5.78 Å². The molecule has 0 spiro atoms. The van der Waals surface area contributed by atoms with Gasteiger partial charge in [-0.25, -0.2) is 0 Å². The summed E-state index contributed by atoms with van der Waals surface area (Å²) in [4.78, 5) is 11.4. The first-order valence-electron chi connectivity index (χ1n) is 5.59. The summed E-state index contributed by atoms with van der Waals surface area (Å²) in [5.41, 5.74) is 0. The molecule has 1 aliphatic rings. The summed E-state index contributed by atoms with van der Waals surface area (Å²) in [5.74, 6) is 0.874. The number of carbonyl (C=O) groups is 1. The van der Waals surface area contributed by atoms with E-state index in [1.807, 2.05) is 6.08 Å². The molecule has 80 valence electrons. The lowest BCUT2D eigenvalue weighted by Gasteiger charge is -2.28. The van der Waals surface area contributed by atoms with E-state index in [1.54, 1.807) is 0 Å². The molecule has 0 radical (unpaired) electrons. The summed E-state index contributed by atoms with van der Waals surface area (Å²) in [6, 6.07) is 3.31. The highest BCUT2D eigenvalue weighted by atomic mass is 28.4. The third kappa shape index (κ3) is 2.26. The molecule has 0 bridgehead atoms. The maximum atomic E-state index is 11.4. The van der Waals surface area contributed by atoms with Crippen molar-refractivity contribution in [3.8, 4) is 0 Å². The van der Waals surface area contributed by atoms with Crippen LogP contribution in [0.5, 0.6) is 0 Å². The zero-order valence-corrected chi connectivity index (χ0v) is 10.4. The first-order chi connectivity index (χ1) is 6.67. The van der Waals surface area contributed by atoms with Crippen molar-refractivity contribution in [2.45, 2.75) is 51.7 Å². The molecule has 0 aromatic rings. The van der Waals surface area contributed by atoms with Crippen LogP contribution in [0.3, 0.4) is 0 Å². The van der Waals surface area contributed by atoms with Crippen molar-refractivity contribution in [1.82, 2.24) is 0 Å². The summed E-state index contributed by atoms with van der Waals surface area (Å²) < 4.78 is 6.01. The molecule has 1 aliphatic carbocycles. The lowest BCUT2D eigenvalue weighted by atomic mass is 10.3. The molecule has 0 fully saturated rings. The second-order valence-corrected chi connectivity index (χ2v) is 8.57. The van der Waals surface area contributed by atoms with Gasteiger partial charge in [0.15, 0.2) is 5.78 Å². The van der Waals surface area contributed by atoms with Crippen LogP contribution in [-0.2, 0) is 9.22 Å². The van der Waals surface area contributed by atoms with Crippen LogP contribution >= 0.6 is 0 Å². The predicted molar refractivity (Wildman–Crippen MR) is 60.6 cm³/mol. The van der Waals surface area contributed by atoms with E-state index in [4.69, 9.17) is 4.43 Å². The predicted octanol–water partition coefficient (Wildman–Crippen LogP) is 3.26. The number of carbonyl (C=O) groups excluding carboxylic acids is 1. The topological polar surface area (TPSA) is 26.3 Å². The van der Waals surface area contributed by atoms with Crippen molar-refractivity contribution >= 4 is 14.1 Å². The highest BCUT2D eigenvalue weighted by Crippen LogP contribution is 2.27. The van der Waals surface area contributed by atoms with E-state index in [0.29, 0.717) is 12.2 Å². The van der Waals surface area contributed by atoms with Crippen LogP contribution in [0.1, 0.15) is 33.6 Å². The summed E-state index contributed by atoms with van der Waals surface area (Å²) in [7, 11) is -1.61. The molecule has 0 aliphatic heterocycles. The van der Waals surface area contributed by atoms with E-state index in [1.165, 1.54) is 0 Å². The van der Waals surface area contributed by atoms with Crippen LogP contribution in [0.15, 0.2) is 11.8 Å². The molecule has 3 heteroatoms. The maximum Gasteiger partial charge on any atom is 0.250 e. The van der Waals surface area contributed by atoms with Gasteiger partial charge in [-0.1, -0.05) is 20.8 Å². The monoisotopic (exact) mass is 212 g/mol. The zero-order chi connectivity index (χ0) is 10.6. The fourth-order valence-electron chi connectivity index (χ4n) is 1.87. The van der Waals surface area contributed by atoms with Gasteiger partial charge in [0.1, 0.15) is 5.76 Å². The molecule has 0 N–H and O–H groups in total. The smallest absolute Gasteiger partial charge is 0.250 e. The minimum atomic E-state index is -1.61. The quantitative estimate of drug-likeness (QED) is 0.654. The fourth-order valence-corrected chi connectivity index (χ4v) is 4.47. The van der Waals surface area contributed by atoms with Gasteiger partial charge in [-0.15, -0.1) is 0 Å². The van der Waals surface area contributed by atoms with E-state index in [2.05, 4.69) is 20.8 Å². The Hall–Kier alpha value is -0.573. The lowest BCUT2D eigenvalue weighted by molar-refractivity contribution is -0.116. The Balaban J connectivity index is 2.68. The summed E-state index contributed by atoms with van der Waals surface area (Å²) in [5, 5.41) is 0. The van der Waals surface area contributed by atoms with Gasteiger partial charge in [0.05, 0.1) is 0 Å². The molecule has 0 saturated heterocycles. The molecule has 1 rings (SSSR count). The second-order valence-electron chi connectivity index (χ2n) is 3.88. The normalized spacial score (nSPS) is 17.1. The fraction of sp³-hybridized carbons (Fsp3) is 0.727. The highest BCUT2D eigenvalue weighted by Gasteiger charge is 2.33.